The first-order valence-corrected chi connectivity index (χ1v) is 5.62. The van der Waals surface area contributed by atoms with Gasteiger partial charge in [0.15, 0.2) is 0 Å². The summed E-state index contributed by atoms with van der Waals surface area (Å²) >= 11 is 0. The number of hydrogen-bond donors (Lipinski definition) is 1. The van der Waals surface area contributed by atoms with Crippen LogP contribution in [0.15, 0.2) is 0 Å². The second-order valence-electron chi connectivity index (χ2n) is 6.63. The van der Waals surface area contributed by atoms with Crippen molar-refractivity contribution in [2.24, 2.45) is 11.3 Å². The molecule has 1 heterocycles. The fraction of sp³-hybridized carbons (Fsp3) is 1.00. The highest BCUT2D eigenvalue weighted by molar-refractivity contribution is 4.94. The molecule has 1 N–H and O–H groups in total. The van der Waals surface area contributed by atoms with E-state index in [-0.39, 0.29) is 5.54 Å². The summed E-state index contributed by atoms with van der Waals surface area (Å²) in [5.41, 5.74) is 0.315. The van der Waals surface area contributed by atoms with E-state index in [9.17, 15) is 5.21 Å². The molecule has 1 rings (SSSR count). The second-order valence-corrected chi connectivity index (χ2v) is 6.63. The van der Waals surface area contributed by atoms with E-state index in [4.69, 9.17) is 0 Å². The van der Waals surface area contributed by atoms with Gasteiger partial charge >= 0.3 is 0 Å². The standard InChI is InChI=1S/C12H25NO/c1-9-10(7-11(2,3)4)8-12(5,6)13(9)14/h9-10,14H,7-8H2,1-6H3. The van der Waals surface area contributed by atoms with Crippen molar-refractivity contribution in [1.29, 1.82) is 0 Å². The van der Waals surface area contributed by atoms with Crippen LogP contribution in [0.1, 0.15) is 54.4 Å². The summed E-state index contributed by atoms with van der Waals surface area (Å²) in [5, 5.41) is 11.5. The molecule has 1 saturated heterocycles. The molecular formula is C12H25NO. The summed E-state index contributed by atoms with van der Waals surface area (Å²) in [6.07, 6.45) is 2.29. The molecule has 2 unspecified atom stereocenters. The minimum atomic E-state index is -0.0463. The first-order valence-electron chi connectivity index (χ1n) is 5.62. The molecule has 1 aliphatic rings. The van der Waals surface area contributed by atoms with Crippen LogP contribution in [0.3, 0.4) is 0 Å². The lowest BCUT2D eigenvalue weighted by atomic mass is 9.80. The van der Waals surface area contributed by atoms with E-state index in [1.807, 2.05) is 0 Å². The number of nitrogens with zero attached hydrogens (tertiary/aromatic N) is 1. The van der Waals surface area contributed by atoms with Crippen LogP contribution in [0, 0.1) is 11.3 Å². The minimum Gasteiger partial charge on any atom is -0.313 e. The zero-order chi connectivity index (χ0) is 11.1. The Morgan fingerprint density at radius 1 is 1.36 bits per heavy atom. The van der Waals surface area contributed by atoms with Crippen molar-refractivity contribution < 1.29 is 5.21 Å². The van der Waals surface area contributed by atoms with E-state index >= 15 is 0 Å². The van der Waals surface area contributed by atoms with Crippen molar-refractivity contribution in [2.75, 3.05) is 0 Å². The van der Waals surface area contributed by atoms with E-state index in [0.717, 1.165) is 6.42 Å². The van der Waals surface area contributed by atoms with E-state index in [1.54, 1.807) is 5.06 Å². The van der Waals surface area contributed by atoms with Crippen LogP contribution in [0.4, 0.5) is 0 Å². The van der Waals surface area contributed by atoms with E-state index in [2.05, 4.69) is 41.5 Å². The maximum Gasteiger partial charge on any atom is 0.0410 e. The van der Waals surface area contributed by atoms with Gasteiger partial charge in [0.05, 0.1) is 0 Å². The first-order chi connectivity index (χ1) is 6.13. The highest BCUT2D eigenvalue weighted by Crippen LogP contribution is 2.41. The average molecular weight is 199 g/mol. The quantitative estimate of drug-likeness (QED) is 0.700. The Morgan fingerprint density at radius 2 is 1.86 bits per heavy atom. The Labute approximate surface area is 88.3 Å². The second kappa shape index (κ2) is 3.49. The van der Waals surface area contributed by atoms with Crippen LogP contribution in [-0.2, 0) is 0 Å². The topological polar surface area (TPSA) is 23.5 Å². The van der Waals surface area contributed by atoms with Gasteiger partial charge in [-0.2, -0.15) is 5.06 Å². The van der Waals surface area contributed by atoms with Gasteiger partial charge in [-0.25, -0.2) is 0 Å². The SMILES string of the molecule is CC1C(CC(C)(C)C)CC(C)(C)N1O. The maximum absolute atomic E-state index is 9.93. The van der Waals surface area contributed by atoms with Crippen molar-refractivity contribution in [2.45, 2.75) is 66.0 Å². The van der Waals surface area contributed by atoms with Crippen LogP contribution in [0.5, 0.6) is 0 Å². The molecule has 14 heavy (non-hydrogen) atoms. The molecule has 0 spiro atoms. The molecule has 1 aliphatic heterocycles. The number of hydrogen-bond acceptors (Lipinski definition) is 2. The normalized spacial score (nSPS) is 33.6. The van der Waals surface area contributed by atoms with Gasteiger partial charge < -0.3 is 5.21 Å². The lowest BCUT2D eigenvalue weighted by molar-refractivity contribution is -0.163. The highest BCUT2D eigenvalue weighted by Gasteiger charge is 2.44. The molecular weight excluding hydrogens is 174 g/mol. The number of rotatable bonds is 1. The van der Waals surface area contributed by atoms with Crippen LogP contribution >= 0.6 is 0 Å². The van der Waals surface area contributed by atoms with Crippen LogP contribution in [0.25, 0.3) is 0 Å². The predicted octanol–water partition coefficient (Wildman–Crippen LogP) is 3.30. The maximum atomic E-state index is 9.93. The first kappa shape index (κ1) is 12.0. The fourth-order valence-corrected chi connectivity index (χ4v) is 2.69. The molecule has 0 amide bonds. The van der Waals surface area contributed by atoms with Crippen molar-refractivity contribution >= 4 is 0 Å². The summed E-state index contributed by atoms with van der Waals surface area (Å²) in [7, 11) is 0. The molecule has 0 radical (unpaired) electrons. The summed E-state index contributed by atoms with van der Waals surface area (Å²) in [6.45, 7) is 13.2. The van der Waals surface area contributed by atoms with E-state index in [0.29, 0.717) is 17.4 Å². The third-order valence-corrected chi connectivity index (χ3v) is 3.32. The summed E-state index contributed by atoms with van der Waals surface area (Å²) < 4.78 is 0. The minimum absolute atomic E-state index is 0.0463. The Balaban J connectivity index is 2.67. The van der Waals surface area contributed by atoms with Gasteiger partial charge in [0, 0.05) is 11.6 Å². The van der Waals surface area contributed by atoms with Gasteiger partial charge in [0.2, 0.25) is 0 Å². The Morgan fingerprint density at radius 3 is 2.14 bits per heavy atom. The molecule has 0 aromatic rings. The lowest BCUT2D eigenvalue weighted by Gasteiger charge is -2.28. The van der Waals surface area contributed by atoms with Crippen molar-refractivity contribution in [3.8, 4) is 0 Å². The van der Waals surface area contributed by atoms with Crippen LogP contribution in [-0.4, -0.2) is 21.9 Å². The molecule has 0 aliphatic carbocycles. The Kier molecular flexibility index (Phi) is 2.99. The van der Waals surface area contributed by atoms with Crippen LogP contribution in [0.2, 0.25) is 0 Å². The molecule has 0 aromatic heterocycles. The van der Waals surface area contributed by atoms with Gasteiger partial charge in [-0.05, 0) is 44.9 Å². The average Bonchev–Trinajstić information content (AvgIpc) is 2.11. The fourth-order valence-electron chi connectivity index (χ4n) is 2.69. The largest absolute Gasteiger partial charge is 0.313 e. The van der Waals surface area contributed by atoms with Gasteiger partial charge in [-0.15, -0.1) is 0 Å². The summed E-state index contributed by atoms with van der Waals surface area (Å²) in [5.74, 6) is 0.620. The Hall–Kier alpha value is -0.0800. The van der Waals surface area contributed by atoms with E-state index in [1.165, 1.54) is 6.42 Å². The third kappa shape index (κ3) is 2.48. The van der Waals surface area contributed by atoms with Crippen molar-refractivity contribution in [3.63, 3.8) is 0 Å². The summed E-state index contributed by atoms with van der Waals surface area (Å²) in [4.78, 5) is 0. The molecule has 0 saturated carbocycles. The molecule has 2 atom stereocenters. The monoisotopic (exact) mass is 199 g/mol. The van der Waals surface area contributed by atoms with Crippen molar-refractivity contribution in [1.82, 2.24) is 5.06 Å². The molecule has 0 aromatic carbocycles. The van der Waals surface area contributed by atoms with Crippen LogP contribution < -0.4 is 0 Å². The highest BCUT2D eigenvalue weighted by atomic mass is 16.5. The number of hydroxylamine groups is 2. The lowest BCUT2D eigenvalue weighted by Crippen LogP contribution is -2.39. The molecule has 2 heteroatoms. The predicted molar refractivity (Wildman–Crippen MR) is 59.3 cm³/mol. The molecule has 0 bridgehead atoms. The Bertz CT molecular complexity index is 203. The van der Waals surface area contributed by atoms with Gasteiger partial charge in [-0.1, -0.05) is 20.8 Å². The smallest absolute Gasteiger partial charge is 0.0410 e. The van der Waals surface area contributed by atoms with Gasteiger partial charge in [0.1, 0.15) is 0 Å². The zero-order valence-corrected chi connectivity index (χ0v) is 10.5. The molecule has 1 fully saturated rings. The van der Waals surface area contributed by atoms with Gasteiger partial charge in [-0.3, -0.25) is 0 Å². The third-order valence-electron chi connectivity index (χ3n) is 3.32. The molecule has 84 valence electrons. The zero-order valence-electron chi connectivity index (χ0n) is 10.5. The summed E-state index contributed by atoms with van der Waals surface area (Å²) in [6, 6.07) is 0.296. The van der Waals surface area contributed by atoms with E-state index < -0.39 is 0 Å². The van der Waals surface area contributed by atoms with Crippen molar-refractivity contribution in [3.05, 3.63) is 0 Å². The molecule has 2 nitrogen and oxygen atoms in total. The van der Waals surface area contributed by atoms with Gasteiger partial charge in [0.25, 0.3) is 0 Å².